The number of nitrogens with one attached hydrogen (secondary N) is 1. The first-order valence-electron chi connectivity index (χ1n) is 11.3. The third kappa shape index (κ3) is 5.99. The van der Waals surface area contributed by atoms with Crippen LogP contribution < -0.4 is 5.32 Å². The largest absolute Gasteiger partial charge is 0.325 e. The van der Waals surface area contributed by atoms with E-state index in [-0.39, 0.29) is 5.91 Å². The molecule has 0 spiro atoms. The van der Waals surface area contributed by atoms with Crippen LogP contribution in [0.2, 0.25) is 0 Å². The molecule has 0 unspecified atom stereocenters. The summed E-state index contributed by atoms with van der Waals surface area (Å²) in [5, 5.41) is 12.8. The van der Waals surface area contributed by atoms with Gasteiger partial charge in [0.2, 0.25) is 5.91 Å². The molecule has 168 valence electrons. The van der Waals surface area contributed by atoms with Crippen LogP contribution in [0.5, 0.6) is 0 Å². The van der Waals surface area contributed by atoms with Crippen LogP contribution in [-0.4, -0.2) is 44.4 Å². The van der Waals surface area contributed by atoms with Gasteiger partial charge in [0.05, 0.1) is 18.8 Å². The molecule has 3 aromatic rings. The minimum Gasteiger partial charge on any atom is -0.325 e. The number of rotatable bonds is 8. The number of amides is 1. The molecule has 32 heavy (non-hydrogen) atoms. The summed E-state index contributed by atoms with van der Waals surface area (Å²) in [5.74, 6) is 1.23. The Balaban J connectivity index is 1.46. The molecular formula is C25H31N5OS. The lowest BCUT2D eigenvalue weighted by Crippen LogP contribution is -2.30. The van der Waals surface area contributed by atoms with Crippen molar-refractivity contribution in [2.45, 2.75) is 51.4 Å². The molecule has 0 bridgehead atoms. The molecule has 2 aromatic carbocycles. The van der Waals surface area contributed by atoms with Gasteiger partial charge in [-0.3, -0.25) is 9.69 Å². The topological polar surface area (TPSA) is 63.1 Å². The summed E-state index contributed by atoms with van der Waals surface area (Å²) in [6.45, 7) is 7.76. The summed E-state index contributed by atoms with van der Waals surface area (Å²) in [4.78, 5) is 15.1. The molecule has 1 amide bonds. The van der Waals surface area contributed by atoms with E-state index in [0.29, 0.717) is 12.3 Å². The Hall–Kier alpha value is -2.64. The van der Waals surface area contributed by atoms with Crippen molar-refractivity contribution >= 4 is 23.4 Å². The molecule has 2 heterocycles. The molecule has 1 saturated heterocycles. The highest BCUT2D eigenvalue weighted by Gasteiger charge is 2.19. The van der Waals surface area contributed by atoms with Crippen molar-refractivity contribution in [3.8, 4) is 0 Å². The molecule has 1 aliphatic heterocycles. The lowest BCUT2D eigenvalue weighted by molar-refractivity contribution is -0.113. The van der Waals surface area contributed by atoms with Crippen molar-refractivity contribution in [2.24, 2.45) is 0 Å². The van der Waals surface area contributed by atoms with Crippen LogP contribution in [0.15, 0.2) is 53.7 Å². The number of carbonyl (C=O) groups excluding carboxylic acids is 1. The van der Waals surface area contributed by atoms with Gasteiger partial charge in [-0.25, -0.2) is 0 Å². The van der Waals surface area contributed by atoms with E-state index in [2.05, 4.69) is 55.3 Å². The van der Waals surface area contributed by atoms with E-state index < -0.39 is 0 Å². The monoisotopic (exact) mass is 449 g/mol. The molecule has 0 radical (unpaired) electrons. The standard InChI is InChI=1S/C25H31N5OS/c1-19-11-12-20(2)22(15-19)26-24(31)18-32-25-28-27-23(17-29-13-7-4-8-14-29)30(25)16-21-9-5-3-6-10-21/h3,5-6,9-12,15H,4,7-8,13-14,16-18H2,1-2H3,(H,26,31). The van der Waals surface area contributed by atoms with Crippen LogP contribution >= 0.6 is 11.8 Å². The number of aromatic nitrogens is 3. The zero-order valence-corrected chi connectivity index (χ0v) is 19.7. The van der Waals surface area contributed by atoms with Gasteiger partial charge in [-0.15, -0.1) is 10.2 Å². The zero-order valence-electron chi connectivity index (χ0n) is 18.9. The number of likely N-dealkylation sites (tertiary alicyclic amines) is 1. The number of thioether (sulfide) groups is 1. The van der Waals surface area contributed by atoms with Crippen molar-refractivity contribution in [2.75, 3.05) is 24.2 Å². The van der Waals surface area contributed by atoms with Crippen molar-refractivity contribution in [3.63, 3.8) is 0 Å². The summed E-state index contributed by atoms with van der Waals surface area (Å²) >= 11 is 1.45. The van der Waals surface area contributed by atoms with Gasteiger partial charge in [-0.1, -0.05) is 60.6 Å². The second kappa shape index (κ2) is 10.8. The van der Waals surface area contributed by atoms with Crippen molar-refractivity contribution in [1.82, 2.24) is 19.7 Å². The number of nitrogens with zero attached hydrogens (tertiary/aromatic N) is 4. The Labute approximate surface area is 194 Å². The van der Waals surface area contributed by atoms with Gasteiger partial charge in [0.15, 0.2) is 5.16 Å². The number of hydrogen-bond acceptors (Lipinski definition) is 5. The van der Waals surface area contributed by atoms with Gasteiger partial charge < -0.3 is 9.88 Å². The summed E-state index contributed by atoms with van der Waals surface area (Å²) in [6.07, 6.45) is 3.80. The predicted molar refractivity (Wildman–Crippen MR) is 130 cm³/mol. The summed E-state index contributed by atoms with van der Waals surface area (Å²) < 4.78 is 2.17. The normalized spacial score (nSPS) is 14.4. The van der Waals surface area contributed by atoms with Crippen molar-refractivity contribution in [3.05, 3.63) is 71.0 Å². The minimum atomic E-state index is -0.0319. The molecule has 1 aliphatic rings. The Morgan fingerprint density at radius 2 is 1.78 bits per heavy atom. The highest BCUT2D eigenvalue weighted by Crippen LogP contribution is 2.22. The van der Waals surface area contributed by atoms with E-state index >= 15 is 0 Å². The first kappa shape index (κ1) is 22.6. The molecule has 0 aliphatic carbocycles. The number of anilines is 1. The van der Waals surface area contributed by atoms with E-state index in [9.17, 15) is 4.79 Å². The van der Waals surface area contributed by atoms with E-state index in [1.54, 1.807) is 0 Å². The number of aryl methyl sites for hydroxylation is 2. The molecular weight excluding hydrogens is 418 g/mol. The maximum atomic E-state index is 12.6. The van der Waals surface area contributed by atoms with Crippen LogP contribution in [0, 0.1) is 13.8 Å². The molecule has 1 aromatic heterocycles. The van der Waals surface area contributed by atoms with E-state index in [1.807, 2.05) is 32.0 Å². The Morgan fingerprint density at radius 3 is 2.56 bits per heavy atom. The predicted octanol–water partition coefficient (Wildman–Crippen LogP) is 4.66. The lowest BCUT2D eigenvalue weighted by Gasteiger charge is -2.26. The first-order chi connectivity index (χ1) is 15.6. The van der Waals surface area contributed by atoms with E-state index in [4.69, 9.17) is 0 Å². The Bertz CT molecular complexity index is 1040. The van der Waals surface area contributed by atoms with Crippen molar-refractivity contribution in [1.29, 1.82) is 0 Å². The highest BCUT2D eigenvalue weighted by atomic mass is 32.2. The summed E-state index contributed by atoms with van der Waals surface area (Å²) in [5.41, 5.74) is 4.26. The van der Waals surface area contributed by atoms with Crippen LogP contribution in [0.4, 0.5) is 5.69 Å². The third-order valence-electron chi connectivity index (χ3n) is 5.79. The lowest BCUT2D eigenvalue weighted by atomic mass is 10.1. The van der Waals surface area contributed by atoms with Crippen LogP contribution in [0.3, 0.4) is 0 Å². The molecule has 0 atom stereocenters. The quantitative estimate of drug-likeness (QED) is 0.507. The van der Waals surface area contributed by atoms with Gasteiger partial charge in [0, 0.05) is 5.69 Å². The smallest absolute Gasteiger partial charge is 0.234 e. The third-order valence-corrected chi connectivity index (χ3v) is 6.76. The fourth-order valence-corrected chi connectivity index (χ4v) is 4.73. The fraction of sp³-hybridized carbons (Fsp3) is 0.400. The van der Waals surface area contributed by atoms with Gasteiger partial charge in [0.25, 0.3) is 0 Å². The fourth-order valence-electron chi connectivity index (χ4n) is 3.97. The maximum Gasteiger partial charge on any atom is 0.234 e. The minimum absolute atomic E-state index is 0.0319. The molecule has 0 saturated carbocycles. The average molecular weight is 450 g/mol. The molecule has 1 N–H and O–H groups in total. The number of hydrogen-bond donors (Lipinski definition) is 1. The van der Waals surface area contributed by atoms with Crippen molar-refractivity contribution < 1.29 is 4.79 Å². The van der Waals surface area contributed by atoms with E-state index in [0.717, 1.165) is 47.4 Å². The second-order valence-electron chi connectivity index (χ2n) is 8.46. The van der Waals surface area contributed by atoms with E-state index in [1.165, 1.54) is 36.6 Å². The highest BCUT2D eigenvalue weighted by molar-refractivity contribution is 7.99. The number of benzene rings is 2. The SMILES string of the molecule is Cc1ccc(C)c(NC(=O)CSc2nnc(CN3CCCCC3)n2Cc2ccccc2)c1. The van der Waals surface area contributed by atoms with Gasteiger partial charge in [-0.05, 0) is 62.5 Å². The van der Waals surface area contributed by atoms with Gasteiger partial charge in [0.1, 0.15) is 5.82 Å². The summed E-state index contributed by atoms with van der Waals surface area (Å²) in [6, 6.07) is 16.4. The van der Waals surface area contributed by atoms with Crippen LogP contribution in [0.1, 0.15) is 41.8 Å². The Morgan fingerprint density at radius 1 is 1.00 bits per heavy atom. The number of carbonyl (C=O) groups is 1. The zero-order chi connectivity index (χ0) is 22.3. The molecule has 4 rings (SSSR count). The second-order valence-corrected chi connectivity index (χ2v) is 9.41. The van der Waals surface area contributed by atoms with Gasteiger partial charge in [-0.2, -0.15) is 0 Å². The maximum absolute atomic E-state index is 12.6. The van der Waals surface area contributed by atoms with Gasteiger partial charge >= 0.3 is 0 Å². The van der Waals surface area contributed by atoms with Crippen LogP contribution in [-0.2, 0) is 17.9 Å². The molecule has 1 fully saturated rings. The molecule has 6 nitrogen and oxygen atoms in total. The molecule has 7 heteroatoms. The van der Waals surface area contributed by atoms with Crippen LogP contribution in [0.25, 0.3) is 0 Å². The Kier molecular flexibility index (Phi) is 7.60. The summed E-state index contributed by atoms with van der Waals surface area (Å²) in [7, 11) is 0. The first-order valence-corrected chi connectivity index (χ1v) is 12.3. The average Bonchev–Trinajstić information content (AvgIpc) is 3.17. The number of piperidine rings is 1.